The Labute approximate surface area is 177 Å². The lowest BCUT2D eigenvalue weighted by Crippen LogP contribution is -2.17. The van der Waals surface area contributed by atoms with E-state index in [1.54, 1.807) is 18.2 Å². The van der Waals surface area contributed by atoms with Crippen LogP contribution >= 0.6 is 43.6 Å². The molecule has 1 aliphatic heterocycles. The summed E-state index contributed by atoms with van der Waals surface area (Å²) in [5.74, 6) is 1.38. The van der Waals surface area contributed by atoms with E-state index in [1.807, 2.05) is 25.1 Å². The molecule has 3 aromatic rings. The highest BCUT2D eigenvalue weighted by Crippen LogP contribution is 2.42. The van der Waals surface area contributed by atoms with E-state index >= 15 is 0 Å². The van der Waals surface area contributed by atoms with Crippen molar-refractivity contribution in [1.82, 2.24) is 15.2 Å². The van der Waals surface area contributed by atoms with E-state index in [2.05, 4.69) is 52.4 Å². The van der Waals surface area contributed by atoms with Crippen molar-refractivity contribution in [2.75, 3.05) is 11.1 Å². The van der Waals surface area contributed by atoms with E-state index in [1.165, 1.54) is 11.8 Å². The van der Waals surface area contributed by atoms with E-state index in [0.717, 1.165) is 31.5 Å². The molecule has 0 radical (unpaired) electrons. The van der Waals surface area contributed by atoms with Gasteiger partial charge in [0.2, 0.25) is 11.0 Å². The number of phenols is 1. The van der Waals surface area contributed by atoms with Crippen LogP contribution in [0.2, 0.25) is 0 Å². The van der Waals surface area contributed by atoms with Crippen molar-refractivity contribution >= 4 is 49.3 Å². The van der Waals surface area contributed by atoms with Crippen molar-refractivity contribution in [3.8, 4) is 22.9 Å². The van der Waals surface area contributed by atoms with Crippen LogP contribution in [0.1, 0.15) is 18.7 Å². The number of anilines is 1. The van der Waals surface area contributed by atoms with Gasteiger partial charge < -0.3 is 15.2 Å². The van der Waals surface area contributed by atoms with Crippen LogP contribution in [0, 0.1) is 0 Å². The van der Waals surface area contributed by atoms with Gasteiger partial charge in [-0.25, -0.2) is 0 Å². The van der Waals surface area contributed by atoms with Crippen LogP contribution in [0.5, 0.6) is 11.6 Å². The highest BCUT2D eigenvalue weighted by Gasteiger charge is 2.27. The maximum atomic E-state index is 9.93. The Balaban J connectivity index is 1.88. The van der Waals surface area contributed by atoms with E-state index in [4.69, 9.17) is 4.74 Å². The van der Waals surface area contributed by atoms with Gasteiger partial charge in [0.15, 0.2) is 11.9 Å². The van der Waals surface area contributed by atoms with Gasteiger partial charge in [-0.1, -0.05) is 50.5 Å². The zero-order valence-electron chi connectivity index (χ0n) is 14.1. The second kappa shape index (κ2) is 7.65. The summed E-state index contributed by atoms with van der Waals surface area (Å²) in [4.78, 5) is 4.55. The fourth-order valence-corrected chi connectivity index (χ4v) is 4.05. The Hall–Kier alpha value is -1.84. The number of aromatic hydroxyl groups is 1. The fraction of sp³-hybridized carbons (Fsp3) is 0.167. The summed E-state index contributed by atoms with van der Waals surface area (Å²) in [6, 6.07) is 10.9. The number of fused-ring (bicyclic) bond motifs is 3. The molecule has 0 spiro atoms. The topological polar surface area (TPSA) is 80.2 Å². The monoisotopic (exact) mass is 508 g/mol. The number of hydrogen-bond acceptors (Lipinski definition) is 7. The fourth-order valence-electron chi connectivity index (χ4n) is 2.73. The SMILES string of the molecule is CCSc1nnc2c(n1)O[C@@H](c1cc(O)ccc1Br)Nc1ccc(Br)cc1-2. The number of thioether (sulfide) groups is 1. The lowest BCUT2D eigenvalue weighted by Gasteiger charge is -2.20. The molecule has 6 nitrogen and oxygen atoms in total. The van der Waals surface area contributed by atoms with Gasteiger partial charge in [-0.2, -0.15) is 4.98 Å². The highest BCUT2D eigenvalue weighted by atomic mass is 79.9. The van der Waals surface area contributed by atoms with Crippen LogP contribution in [-0.4, -0.2) is 26.0 Å². The summed E-state index contributed by atoms with van der Waals surface area (Å²) in [6.45, 7) is 2.03. The maximum absolute atomic E-state index is 9.93. The van der Waals surface area contributed by atoms with Crippen LogP contribution in [0.4, 0.5) is 5.69 Å². The van der Waals surface area contributed by atoms with Crippen LogP contribution in [0.15, 0.2) is 50.5 Å². The molecular formula is C18H14Br2N4O2S. The zero-order valence-corrected chi connectivity index (χ0v) is 18.1. The molecule has 1 aromatic heterocycles. The molecule has 0 amide bonds. The van der Waals surface area contributed by atoms with Crippen molar-refractivity contribution in [3.63, 3.8) is 0 Å². The van der Waals surface area contributed by atoms with Gasteiger partial charge in [-0.3, -0.25) is 0 Å². The molecule has 1 aliphatic rings. The molecule has 2 heterocycles. The summed E-state index contributed by atoms with van der Waals surface area (Å²) in [7, 11) is 0. The third-order valence-electron chi connectivity index (χ3n) is 3.92. The number of phenolic OH excluding ortho intramolecular Hbond substituents is 1. The first kappa shape index (κ1) is 18.5. The van der Waals surface area contributed by atoms with Gasteiger partial charge in [0.1, 0.15) is 5.75 Å². The van der Waals surface area contributed by atoms with Crippen LogP contribution in [-0.2, 0) is 0 Å². The molecule has 0 saturated heterocycles. The van der Waals surface area contributed by atoms with Gasteiger partial charge in [-0.05, 0) is 42.2 Å². The Morgan fingerprint density at radius 3 is 2.85 bits per heavy atom. The minimum atomic E-state index is -0.566. The number of aromatic nitrogens is 3. The Morgan fingerprint density at radius 2 is 2.04 bits per heavy atom. The van der Waals surface area contributed by atoms with Crippen molar-refractivity contribution < 1.29 is 9.84 Å². The second-order valence-corrected chi connectivity index (χ2v) is 8.72. The van der Waals surface area contributed by atoms with Crippen molar-refractivity contribution in [3.05, 3.63) is 50.9 Å². The first-order chi connectivity index (χ1) is 13.0. The van der Waals surface area contributed by atoms with Gasteiger partial charge in [0.25, 0.3) is 0 Å². The molecule has 2 aromatic carbocycles. The predicted octanol–water partition coefficient (Wildman–Crippen LogP) is 5.38. The van der Waals surface area contributed by atoms with Gasteiger partial charge in [-0.15, -0.1) is 10.2 Å². The molecule has 0 aliphatic carbocycles. The van der Waals surface area contributed by atoms with Crippen molar-refractivity contribution in [2.45, 2.75) is 18.3 Å². The smallest absolute Gasteiger partial charge is 0.247 e. The first-order valence-electron chi connectivity index (χ1n) is 8.14. The molecule has 1 atom stereocenters. The molecular weight excluding hydrogens is 496 g/mol. The average Bonchev–Trinajstić information content (AvgIpc) is 2.80. The lowest BCUT2D eigenvalue weighted by atomic mass is 10.1. The Bertz CT molecular complexity index is 1020. The average molecular weight is 510 g/mol. The third-order valence-corrected chi connectivity index (χ3v) is 5.86. The molecule has 0 fully saturated rings. The van der Waals surface area contributed by atoms with Crippen LogP contribution < -0.4 is 10.1 Å². The van der Waals surface area contributed by atoms with Crippen LogP contribution in [0.3, 0.4) is 0 Å². The normalized spacial score (nSPS) is 15.1. The quantitative estimate of drug-likeness (QED) is 0.458. The summed E-state index contributed by atoms with van der Waals surface area (Å²) in [6.07, 6.45) is -0.566. The molecule has 0 unspecified atom stereocenters. The second-order valence-electron chi connectivity index (χ2n) is 5.72. The highest BCUT2D eigenvalue weighted by molar-refractivity contribution is 9.10. The minimum Gasteiger partial charge on any atom is -0.508 e. The minimum absolute atomic E-state index is 0.155. The first-order valence-corrected chi connectivity index (χ1v) is 10.7. The molecule has 27 heavy (non-hydrogen) atoms. The van der Waals surface area contributed by atoms with Gasteiger partial charge in [0.05, 0.1) is 0 Å². The third kappa shape index (κ3) is 3.76. The predicted molar refractivity (Wildman–Crippen MR) is 112 cm³/mol. The molecule has 138 valence electrons. The summed E-state index contributed by atoms with van der Waals surface area (Å²) < 4.78 is 7.92. The van der Waals surface area contributed by atoms with Gasteiger partial charge >= 0.3 is 0 Å². The number of nitrogens with one attached hydrogen (secondary N) is 1. The Morgan fingerprint density at radius 1 is 1.19 bits per heavy atom. The number of nitrogens with zero attached hydrogens (tertiary/aromatic N) is 3. The summed E-state index contributed by atoms with van der Waals surface area (Å²) in [5, 5.41) is 22.4. The lowest BCUT2D eigenvalue weighted by molar-refractivity contribution is 0.224. The largest absolute Gasteiger partial charge is 0.508 e. The van der Waals surface area contributed by atoms with Gasteiger partial charge in [0, 0.05) is 25.8 Å². The summed E-state index contributed by atoms with van der Waals surface area (Å²) in [5.41, 5.74) is 2.99. The molecule has 0 bridgehead atoms. The van der Waals surface area contributed by atoms with E-state index < -0.39 is 6.23 Å². The number of halogens is 2. The molecule has 9 heteroatoms. The summed E-state index contributed by atoms with van der Waals surface area (Å²) >= 11 is 8.54. The standard InChI is InChI=1S/C18H14Br2N4O2S/c1-2-27-18-22-17-15(23-24-18)12-7-9(19)3-6-14(12)21-16(26-17)11-8-10(25)4-5-13(11)20/h3-8,16,21,25H,2H2,1H3/t16-/m0/s1. The zero-order chi connectivity index (χ0) is 19.0. The van der Waals surface area contributed by atoms with Crippen molar-refractivity contribution in [1.29, 1.82) is 0 Å². The number of rotatable bonds is 3. The number of benzene rings is 2. The molecule has 0 saturated carbocycles. The van der Waals surface area contributed by atoms with E-state index in [0.29, 0.717) is 16.7 Å². The Kier molecular flexibility index (Phi) is 5.25. The van der Waals surface area contributed by atoms with Crippen molar-refractivity contribution in [2.24, 2.45) is 0 Å². The van der Waals surface area contributed by atoms with Crippen LogP contribution in [0.25, 0.3) is 11.3 Å². The maximum Gasteiger partial charge on any atom is 0.247 e. The van der Waals surface area contributed by atoms with E-state index in [9.17, 15) is 5.11 Å². The molecule has 2 N–H and O–H groups in total. The number of ether oxygens (including phenoxy) is 1. The van der Waals surface area contributed by atoms with E-state index in [-0.39, 0.29) is 5.75 Å². The number of hydrogen-bond donors (Lipinski definition) is 2. The molecule has 4 rings (SSSR count).